The quantitative estimate of drug-likeness (QED) is 0.924. The summed E-state index contributed by atoms with van der Waals surface area (Å²) in [5.74, 6) is 0.455. The molecule has 2 aromatic heterocycles. The maximum absolute atomic E-state index is 12.6. The third kappa shape index (κ3) is 2.28. The smallest absolute Gasteiger partial charge is 0.382 e. The van der Waals surface area contributed by atoms with Crippen LogP contribution >= 0.6 is 0 Å². The van der Waals surface area contributed by atoms with Crippen LogP contribution in [0.4, 0.5) is 19.0 Å². The first kappa shape index (κ1) is 14.4. The lowest BCUT2D eigenvalue weighted by molar-refractivity contribution is -0.137. The highest BCUT2D eigenvalue weighted by Crippen LogP contribution is 2.39. The van der Waals surface area contributed by atoms with E-state index in [1.165, 1.54) is 10.7 Å². The first-order valence-corrected chi connectivity index (χ1v) is 6.74. The van der Waals surface area contributed by atoms with Gasteiger partial charge in [0, 0.05) is 12.1 Å². The van der Waals surface area contributed by atoms with Crippen molar-refractivity contribution in [3.05, 3.63) is 35.2 Å². The number of anilines is 1. The number of hydrogen-bond donors (Lipinski definition) is 1. The molecular formula is C14H12F3N5. The fourth-order valence-electron chi connectivity index (χ4n) is 2.38. The molecule has 5 nitrogen and oxygen atoms in total. The van der Waals surface area contributed by atoms with E-state index in [1.54, 1.807) is 0 Å². The van der Waals surface area contributed by atoms with E-state index in [2.05, 4.69) is 10.1 Å². The second-order valence-electron chi connectivity index (χ2n) is 5.20. The molecule has 0 amide bonds. The van der Waals surface area contributed by atoms with Crippen molar-refractivity contribution in [2.75, 3.05) is 5.73 Å². The van der Waals surface area contributed by atoms with Crippen LogP contribution in [-0.2, 0) is 6.18 Å². The maximum atomic E-state index is 12.6. The van der Waals surface area contributed by atoms with Crippen molar-refractivity contribution >= 4 is 5.82 Å². The molecule has 0 unspecified atom stereocenters. The Labute approximate surface area is 124 Å². The van der Waals surface area contributed by atoms with E-state index in [4.69, 9.17) is 5.73 Å². The van der Waals surface area contributed by atoms with Gasteiger partial charge in [-0.15, -0.1) is 0 Å². The summed E-state index contributed by atoms with van der Waals surface area (Å²) in [6, 6.07) is 4.13. The summed E-state index contributed by atoms with van der Waals surface area (Å²) in [4.78, 5) is 3.76. The number of nitrogens with two attached hydrogens (primary N) is 1. The van der Waals surface area contributed by atoms with E-state index in [9.17, 15) is 18.4 Å². The van der Waals surface area contributed by atoms with Crippen LogP contribution in [0.2, 0.25) is 0 Å². The van der Waals surface area contributed by atoms with Gasteiger partial charge in [0.25, 0.3) is 0 Å². The lowest BCUT2D eigenvalue weighted by Crippen LogP contribution is -2.11. The molecule has 114 valence electrons. The zero-order valence-corrected chi connectivity index (χ0v) is 11.4. The van der Waals surface area contributed by atoms with Crippen molar-refractivity contribution in [3.63, 3.8) is 0 Å². The van der Waals surface area contributed by atoms with Crippen molar-refractivity contribution in [3.8, 4) is 11.9 Å². The average molecular weight is 307 g/mol. The highest BCUT2D eigenvalue weighted by molar-refractivity contribution is 5.56. The minimum atomic E-state index is -4.45. The number of hydrogen-bond acceptors (Lipinski definition) is 4. The zero-order valence-electron chi connectivity index (χ0n) is 11.4. The van der Waals surface area contributed by atoms with Crippen LogP contribution in [-0.4, -0.2) is 14.8 Å². The van der Waals surface area contributed by atoms with Crippen molar-refractivity contribution in [1.29, 1.82) is 5.26 Å². The lowest BCUT2D eigenvalue weighted by Gasteiger charge is -2.23. The first-order chi connectivity index (χ1) is 10.4. The minimum Gasteiger partial charge on any atom is -0.382 e. The van der Waals surface area contributed by atoms with E-state index in [0.29, 0.717) is 5.69 Å². The summed E-state index contributed by atoms with van der Waals surface area (Å²) in [5.41, 5.74) is 5.95. The van der Waals surface area contributed by atoms with Crippen molar-refractivity contribution in [2.45, 2.75) is 31.4 Å². The van der Waals surface area contributed by atoms with Gasteiger partial charge in [-0.05, 0) is 25.0 Å². The van der Waals surface area contributed by atoms with E-state index >= 15 is 0 Å². The molecule has 2 aromatic rings. The Kier molecular flexibility index (Phi) is 3.28. The van der Waals surface area contributed by atoms with E-state index in [-0.39, 0.29) is 23.1 Å². The fourth-order valence-corrected chi connectivity index (χ4v) is 2.38. The predicted molar refractivity (Wildman–Crippen MR) is 72.1 cm³/mol. The molecule has 0 radical (unpaired) electrons. The number of pyridine rings is 1. The second kappa shape index (κ2) is 5.02. The van der Waals surface area contributed by atoms with Crippen LogP contribution in [0.25, 0.3) is 5.82 Å². The molecule has 0 aliphatic heterocycles. The van der Waals surface area contributed by atoms with Gasteiger partial charge in [0.05, 0.1) is 11.3 Å². The number of nitrogens with zero attached hydrogens (tertiary/aromatic N) is 4. The van der Waals surface area contributed by atoms with Gasteiger partial charge in [0.15, 0.2) is 5.82 Å². The zero-order chi connectivity index (χ0) is 15.9. The fraction of sp³-hybridized carbons (Fsp3) is 0.357. The van der Waals surface area contributed by atoms with Crippen molar-refractivity contribution < 1.29 is 13.2 Å². The van der Waals surface area contributed by atoms with Gasteiger partial charge < -0.3 is 5.73 Å². The highest BCUT2D eigenvalue weighted by Gasteiger charge is 2.31. The average Bonchev–Trinajstić information content (AvgIpc) is 2.73. The van der Waals surface area contributed by atoms with Crippen LogP contribution in [0.5, 0.6) is 0 Å². The largest absolute Gasteiger partial charge is 0.417 e. The number of nitrogen functional groups attached to an aromatic ring is 1. The molecule has 2 heterocycles. The summed E-state index contributed by atoms with van der Waals surface area (Å²) >= 11 is 0. The Morgan fingerprint density at radius 2 is 2.05 bits per heavy atom. The third-order valence-corrected chi connectivity index (χ3v) is 3.84. The van der Waals surface area contributed by atoms with Gasteiger partial charge in [-0.2, -0.15) is 28.2 Å². The molecule has 0 bridgehead atoms. The summed E-state index contributed by atoms with van der Waals surface area (Å²) < 4.78 is 38.9. The van der Waals surface area contributed by atoms with Crippen LogP contribution < -0.4 is 5.73 Å². The van der Waals surface area contributed by atoms with Gasteiger partial charge in [-0.3, -0.25) is 0 Å². The molecule has 1 fully saturated rings. The van der Waals surface area contributed by atoms with Gasteiger partial charge >= 0.3 is 6.18 Å². The van der Waals surface area contributed by atoms with Gasteiger partial charge in [-0.25, -0.2) is 4.98 Å². The van der Waals surface area contributed by atoms with Gasteiger partial charge in [-0.1, -0.05) is 6.42 Å². The molecule has 0 spiro atoms. The maximum Gasteiger partial charge on any atom is 0.417 e. The number of alkyl halides is 3. The normalized spacial score (nSPS) is 15.4. The van der Waals surface area contributed by atoms with Gasteiger partial charge in [0.2, 0.25) is 0 Å². The second-order valence-corrected chi connectivity index (χ2v) is 5.20. The minimum absolute atomic E-state index is 0.108. The number of rotatable bonds is 2. The molecule has 0 saturated heterocycles. The van der Waals surface area contributed by atoms with E-state index < -0.39 is 11.7 Å². The molecular weight excluding hydrogens is 295 g/mol. The van der Waals surface area contributed by atoms with E-state index in [1.807, 2.05) is 6.07 Å². The van der Waals surface area contributed by atoms with Crippen LogP contribution in [0.15, 0.2) is 18.3 Å². The SMILES string of the molecule is N#Cc1c(C2CCC2)nn(-c2ccc(C(F)(F)F)cn2)c1N. The Hall–Kier alpha value is -2.56. The van der Waals surface area contributed by atoms with E-state index in [0.717, 1.165) is 31.5 Å². The molecule has 1 saturated carbocycles. The standard InChI is InChI=1S/C14H12F3N5/c15-14(16,17)9-4-5-11(20-7-9)22-13(19)10(6-18)12(21-22)8-2-1-3-8/h4-5,7-8H,1-3,19H2. The third-order valence-electron chi connectivity index (χ3n) is 3.84. The Morgan fingerprint density at radius 3 is 2.50 bits per heavy atom. The molecule has 0 atom stereocenters. The van der Waals surface area contributed by atoms with Crippen molar-refractivity contribution in [2.24, 2.45) is 0 Å². The van der Waals surface area contributed by atoms with Crippen LogP contribution in [0.1, 0.15) is 42.0 Å². The summed E-state index contributed by atoms with van der Waals surface area (Å²) in [7, 11) is 0. The van der Waals surface area contributed by atoms with Crippen LogP contribution in [0.3, 0.4) is 0 Å². The molecule has 1 aliphatic rings. The predicted octanol–water partition coefficient (Wildman–Crippen LogP) is 3.01. The monoisotopic (exact) mass is 307 g/mol. The van der Waals surface area contributed by atoms with Crippen molar-refractivity contribution in [1.82, 2.24) is 14.8 Å². The number of aromatic nitrogens is 3. The molecule has 1 aliphatic carbocycles. The number of nitriles is 1. The van der Waals surface area contributed by atoms with Gasteiger partial charge in [0.1, 0.15) is 17.5 Å². The molecule has 0 aromatic carbocycles. The Bertz CT molecular complexity index is 736. The first-order valence-electron chi connectivity index (χ1n) is 6.74. The Morgan fingerprint density at radius 1 is 1.32 bits per heavy atom. The number of halogens is 3. The Balaban J connectivity index is 2.01. The molecule has 2 N–H and O–H groups in total. The highest BCUT2D eigenvalue weighted by atomic mass is 19.4. The molecule has 8 heteroatoms. The summed E-state index contributed by atoms with van der Waals surface area (Å²) in [6.07, 6.45) is -0.778. The topological polar surface area (TPSA) is 80.5 Å². The molecule has 3 rings (SSSR count). The summed E-state index contributed by atoms with van der Waals surface area (Å²) in [6.45, 7) is 0. The lowest BCUT2D eigenvalue weighted by atomic mass is 9.82. The molecule has 22 heavy (non-hydrogen) atoms. The summed E-state index contributed by atoms with van der Waals surface area (Å²) in [5, 5.41) is 13.5. The van der Waals surface area contributed by atoms with Crippen LogP contribution in [0, 0.1) is 11.3 Å².